The second-order valence-electron chi connectivity index (χ2n) is 7.58. The number of benzene rings is 3. The van der Waals surface area contributed by atoms with E-state index in [1.807, 2.05) is 30.5 Å². The lowest BCUT2D eigenvalue weighted by molar-refractivity contribution is 1.33. The minimum Gasteiger partial charge on any atom is -0.247 e. The van der Waals surface area contributed by atoms with Crippen LogP contribution in [0.2, 0.25) is 0 Å². The van der Waals surface area contributed by atoms with E-state index in [1.165, 1.54) is 0 Å². The summed E-state index contributed by atoms with van der Waals surface area (Å²) in [6.45, 7) is 0. The van der Waals surface area contributed by atoms with Crippen molar-refractivity contribution in [3.8, 4) is 0 Å². The monoisotopic (exact) mass is 382 g/mol. The second-order valence-corrected chi connectivity index (χ2v) is 7.58. The van der Waals surface area contributed by atoms with Gasteiger partial charge in [0.1, 0.15) is 0 Å². The van der Waals surface area contributed by atoms with Crippen molar-refractivity contribution in [2.75, 3.05) is 0 Å². The van der Waals surface area contributed by atoms with Crippen molar-refractivity contribution in [2.24, 2.45) is 0 Å². The third-order valence-corrected chi connectivity index (χ3v) is 5.84. The molecule has 3 aromatic carbocycles. The smallest absolute Gasteiger partial charge is 0.162 e. The molecule has 0 atom stereocenters. The first-order valence-corrected chi connectivity index (χ1v) is 9.92. The van der Waals surface area contributed by atoms with Crippen LogP contribution in [-0.4, -0.2) is 19.9 Å². The molecule has 4 heteroatoms. The fourth-order valence-electron chi connectivity index (χ4n) is 4.37. The standard InChI is InChI=1S/C26H14N4/c1-4-15-10-12-22-19-8-3-6-17-14-27-26(30-25(17)19)20-9-2-5-16-11-13-21(29-24(16)20)18(7-1)23(15)28-22/h1-14H. The summed E-state index contributed by atoms with van der Waals surface area (Å²) in [7, 11) is 0. The molecule has 4 heterocycles. The predicted octanol–water partition coefficient (Wildman–Crippen LogP) is 6.19. The van der Waals surface area contributed by atoms with Gasteiger partial charge in [0.25, 0.3) is 0 Å². The molecule has 7 aromatic rings. The zero-order valence-corrected chi connectivity index (χ0v) is 15.9. The first-order valence-electron chi connectivity index (χ1n) is 9.92. The molecule has 4 aromatic heterocycles. The Labute approximate surface area is 170 Å². The molecular formula is C26H14N4. The molecular weight excluding hydrogens is 368 g/mol. The highest BCUT2D eigenvalue weighted by Crippen LogP contribution is 2.29. The van der Waals surface area contributed by atoms with E-state index in [0.29, 0.717) is 5.65 Å². The quantitative estimate of drug-likeness (QED) is 0.314. The van der Waals surface area contributed by atoms with Gasteiger partial charge in [0, 0.05) is 38.5 Å². The first kappa shape index (κ1) is 15.7. The Morgan fingerprint density at radius 2 is 0.967 bits per heavy atom. The molecule has 0 aliphatic carbocycles. The van der Waals surface area contributed by atoms with Gasteiger partial charge in [0.05, 0.1) is 27.6 Å². The van der Waals surface area contributed by atoms with Crippen LogP contribution in [0.25, 0.3) is 65.5 Å². The molecule has 0 fully saturated rings. The van der Waals surface area contributed by atoms with E-state index in [2.05, 4.69) is 59.6 Å². The van der Waals surface area contributed by atoms with Crippen molar-refractivity contribution >= 4 is 65.5 Å². The van der Waals surface area contributed by atoms with E-state index < -0.39 is 0 Å². The van der Waals surface area contributed by atoms with Gasteiger partial charge in [0.2, 0.25) is 0 Å². The molecule has 0 radical (unpaired) electrons. The van der Waals surface area contributed by atoms with E-state index in [-0.39, 0.29) is 0 Å². The number of pyridine rings is 2. The minimum absolute atomic E-state index is 0.681. The SMILES string of the molecule is c1cc2ccc3nc2c(c1)c1ccc2cccc(c4ncc5cccc3c5n4)c2n1. The maximum Gasteiger partial charge on any atom is 0.162 e. The maximum atomic E-state index is 5.07. The lowest BCUT2D eigenvalue weighted by Crippen LogP contribution is -1.90. The van der Waals surface area contributed by atoms with E-state index >= 15 is 0 Å². The number of fused-ring (bicyclic) bond motifs is 6. The summed E-state index contributed by atoms with van der Waals surface area (Å²) in [6, 6.07) is 27.0. The maximum absolute atomic E-state index is 5.07. The van der Waals surface area contributed by atoms with Crippen molar-refractivity contribution in [1.82, 2.24) is 19.9 Å². The molecule has 0 unspecified atom stereocenters. The summed E-state index contributed by atoms with van der Waals surface area (Å²) in [6.07, 6.45) is 1.89. The number of hydrogen-bond acceptors (Lipinski definition) is 4. The van der Waals surface area contributed by atoms with Crippen LogP contribution >= 0.6 is 0 Å². The Kier molecular flexibility index (Phi) is 2.97. The first-order chi connectivity index (χ1) is 14.8. The van der Waals surface area contributed by atoms with Gasteiger partial charge in [-0.3, -0.25) is 0 Å². The van der Waals surface area contributed by atoms with E-state index in [0.717, 1.165) is 59.9 Å². The van der Waals surface area contributed by atoms with Gasteiger partial charge in [-0.25, -0.2) is 19.9 Å². The van der Waals surface area contributed by atoms with Gasteiger partial charge < -0.3 is 0 Å². The fraction of sp³-hybridized carbons (Fsp3) is 0. The molecule has 6 bridgehead atoms. The van der Waals surface area contributed by atoms with Crippen LogP contribution in [-0.2, 0) is 0 Å². The third kappa shape index (κ3) is 2.10. The van der Waals surface area contributed by atoms with Crippen LogP contribution in [0.1, 0.15) is 0 Å². The zero-order chi connectivity index (χ0) is 19.7. The average molecular weight is 382 g/mol. The molecule has 4 nitrogen and oxygen atoms in total. The number of nitrogens with zero attached hydrogens (tertiary/aromatic N) is 4. The van der Waals surface area contributed by atoms with Crippen LogP contribution in [0, 0.1) is 0 Å². The van der Waals surface area contributed by atoms with Crippen LogP contribution < -0.4 is 0 Å². The Bertz CT molecular complexity index is 1590. The van der Waals surface area contributed by atoms with Crippen LogP contribution in [0.5, 0.6) is 0 Å². The van der Waals surface area contributed by atoms with Crippen molar-refractivity contribution < 1.29 is 0 Å². The lowest BCUT2D eigenvalue weighted by Gasteiger charge is -2.07. The number of rotatable bonds is 0. The topological polar surface area (TPSA) is 51.6 Å². The van der Waals surface area contributed by atoms with E-state index in [4.69, 9.17) is 15.0 Å². The highest BCUT2D eigenvalue weighted by atomic mass is 14.9. The number of hydrogen-bond donors (Lipinski definition) is 0. The van der Waals surface area contributed by atoms with Crippen LogP contribution in [0.3, 0.4) is 0 Å². The van der Waals surface area contributed by atoms with Gasteiger partial charge in [-0.1, -0.05) is 60.7 Å². The van der Waals surface area contributed by atoms with Crippen LogP contribution in [0.15, 0.2) is 85.1 Å². The highest BCUT2D eigenvalue weighted by Gasteiger charge is 2.09. The van der Waals surface area contributed by atoms with Gasteiger partial charge in [-0.05, 0) is 18.2 Å². The summed E-state index contributed by atoms with van der Waals surface area (Å²) >= 11 is 0. The molecule has 30 heavy (non-hydrogen) atoms. The number of para-hydroxylation sites is 3. The predicted molar refractivity (Wildman–Crippen MR) is 123 cm³/mol. The Balaban J connectivity index is 1.90. The molecule has 0 saturated heterocycles. The Morgan fingerprint density at radius 3 is 1.63 bits per heavy atom. The van der Waals surface area contributed by atoms with Crippen molar-refractivity contribution in [1.29, 1.82) is 0 Å². The molecule has 7 rings (SSSR count). The van der Waals surface area contributed by atoms with Gasteiger partial charge >= 0.3 is 0 Å². The molecule has 0 aliphatic rings. The van der Waals surface area contributed by atoms with Gasteiger partial charge in [-0.2, -0.15) is 0 Å². The summed E-state index contributed by atoms with van der Waals surface area (Å²) in [4.78, 5) is 19.8. The summed E-state index contributed by atoms with van der Waals surface area (Å²) in [5.41, 5.74) is 5.24. The molecule has 0 amide bonds. The molecule has 0 saturated carbocycles. The average Bonchev–Trinajstić information content (AvgIpc) is 2.81. The molecule has 0 N–H and O–H groups in total. The summed E-state index contributed by atoms with van der Waals surface area (Å²) < 4.78 is 0. The van der Waals surface area contributed by atoms with Gasteiger partial charge in [-0.15, -0.1) is 0 Å². The van der Waals surface area contributed by atoms with Crippen molar-refractivity contribution in [3.05, 3.63) is 85.1 Å². The normalized spacial score (nSPS) is 12.0. The van der Waals surface area contributed by atoms with Crippen molar-refractivity contribution in [3.63, 3.8) is 0 Å². The molecule has 0 aliphatic heterocycles. The lowest BCUT2D eigenvalue weighted by atomic mass is 10.1. The minimum atomic E-state index is 0.681. The second kappa shape index (κ2) is 5.67. The Hall–Kier alpha value is -4.18. The number of aromatic nitrogens is 4. The fourth-order valence-corrected chi connectivity index (χ4v) is 4.37. The largest absolute Gasteiger partial charge is 0.247 e. The Morgan fingerprint density at radius 1 is 0.433 bits per heavy atom. The summed E-state index contributed by atoms with van der Waals surface area (Å²) in [5, 5.41) is 6.15. The van der Waals surface area contributed by atoms with Crippen LogP contribution in [0.4, 0.5) is 0 Å². The third-order valence-electron chi connectivity index (χ3n) is 5.84. The van der Waals surface area contributed by atoms with Gasteiger partial charge in [0.15, 0.2) is 5.65 Å². The van der Waals surface area contributed by atoms with E-state index in [1.54, 1.807) is 0 Å². The highest BCUT2D eigenvalue weighted by molar-refractivity contribution is 6.11. The van der Waals surface area contributed by atoms with Crippen molar-refractivity contribution in [2.45, 2.75) is 0 Å². The summed E-state index contributed by atoms with van der Waals surface area (Å²) in [5.74, 6) is 0. The zero-order valence-electron chi connectivity index (χ0n) is 15.9. The molecule has 138 valence electrons. The molecule has 0 spiro atoms. The van der Waals surface area contributed by atoms with E-state index in [9.17, 15) is 0 Å².